The van der Waals surface area contributed by atoms with Gasteiger partial charge in [-0.2, -0.15) is 5.10 Å². The Morgan fingerprint density at radius 1 is 1.10 bits per heavy atom. The van der Waals surface area contributed by atoms with Crippen molar-refractivity contribution in [2.24, 2.45) is 0 Å². The Labute approximate surface area is 118 Å². The van der Waals surface area contributed by atoms with E-state index in [0.717, 1.165) is 29.1 Å². The van der Waals surface area contributed by atoms with Crippen molar-refractivity contribution in [2.75, 3.05) is 5.32 Å². The maximum Gasteiger partial charge on any atom is 0.155 e. The lowest BCUT2D eigenvalue weighted by atomic mass is 10.1. The number of benzene rings is 1. The van der Waals surface area contributed by atoms with E-state index in [9.17, 15) is 0 Å². The molecule has 0 fully saturated rings. The van der Waals surface area contributed by atoms with Crippen LogP contribution in [0.15, 0.2) is 36.7 Å². The zero-order valence-corrected chi connectivity index (χ0v) is 12.0. The van der Waals surface area contributed by atoms with Gasteiger partial charge in [0, 0.05) is 36.3 Å². The lowest BCUT2D eigenvalue weighted by Gasteiger charge is -2.08. The first kappa shape index (κ1) is 12.7. The van der Waals surface area contributed by atoms with Gasteiger partial charge in [0.25, 0.3) is 0 Å². The first-order valence-corrected chi connectivity index (χ1v) is 6.74. The van der Waals surface area contributed by atoms with Crippen molar-refractivity contribution < 1.29 is 0 Å². The molecule has 2 aromatic heterocycles. The Kier molecular flexibility index (Phi) is 3.14. The summed E-state index contributed by atoms with van der Waals surface area (Å²) in [7, 11) is 0. The van der Waals surface area contributed by atoms with Crippen molar-refractivity contribution in [1.29, 1.82) is 0 Å². The summed E-state index contributed by atoms with van der Waals surface area (Å²) in [6.45, 7) is 6.96. The third kappa shape index (κ3) is 2.50. The Morgan fingerprint density at radius 3 is 2.75 bits per heavy atom. The monoisotopic (exact) mass is 266 g/mol. The Balaban J connectivity index is 1.77. The molecule has 0 atom stereocenters. The fourth-order valence-corrected chi connectivity index (χ4v) is 2.18. The maximum absolute atomic E-state index is 4.41. The molecule has 3 rings (SSSR count). The van der Waals surface area contributed by atoms with E-state index < -0.39 is 0 Å². The quantitative estimate of drug-likeness (QED) is 0.791. The number of rotatable bonds is 3. The SMILES string of the molecule is Cc1cc2ncc(CNc3ccc(C)c(C)c3)cn2n1. The number of hydrogen-bond acceptors (Lipinski definition) is 3. The molecule has 0 aliphatic rings. The van der Waals surface area contributed by atoms with Gasteiger partial charge in [-0.1, -0.05) is 6.07 Å². The molecular weight excluding hydrogens is 248 g/mol. The lowest BCUT2D eigenvalue weighted by molar-refractivity contribution is 0.895. The fourth-order valence-electron chi connectivity index (χ4n) is 2.18. The summed E-state index contributed by atoms with van der Waals surface area (Å²) in [5, 5.41) is 7.80. The molecular formula is C16H18N4. The first-order chi connectivity index (χ1) is 9.61. The smallest absolute Gasteiger partial charge is 0.155 e. The highest BCUT2D eigenvalue weighted by Crippen LogP contribution is 2.15. The van der Waals surface area contributed by atoms with Crippen LogP contribution in [0.25, 0.3) is 5.65 Å². The second-order valence-electron chi connectivity index (χ2n) is 5.20. The predicted molar refractivity (Wildman–Crippen MR) is 81.0 cm³/mol. The summed E-state index contributed by atoms with van der Waals surface area (Å²) in [5.74, 6) is 0. The standard InChI is InChI=1S/C16H18N4/c1-11-4-5-15(6-12(11)2)17-8-14-9-18-16-7-13(3)19-20(16)10-14/h4-7,9-10,17H,8H2,1-3H3. The van der Waals surface area contributed by atoms with Gasteiger partial charge < -0.3 is 5.32 Å². The number of fused-ring (bicyclic) bond motifs is 1. The highest BCUT2D eigenvalue weighted by atomic mass is 15.2. The van der Waals surface area contributed by atoms with Gasteiger partial charge in [-0.15, -0.1) is 0 Å². The minimum atomic E-state index is 0.740. The second-order valence-corrected chi connectivity index (χ2v) is 5.20. The number of aryl methyl sites for hydroxylation is 3. The zero-order valence-electron chi connectivity index (χ0n) is 12.0. The van der Waals surface area contributed by atoms with Crippen molar-refractivity contribution in [3.8, 4) is 0 Å². The molecule has 0 saturated carbocycles. The number of aromatic nitrogens is 3. The van der Waals surface area contributed by atoms with Crippen LogP contribution in [0.2, 0.25) is 0 Å². The van der Waals surface area contributed by atoms with Crippen LogP contribution in [-0.4, -0.2) is 14.6 Å². The van der Waals surface area contributed by atoms with Gasteiger partial charge in [0.1, 0.15) is 0 Å². The molecule has 20 heavy (non-hydrogen) atoms. The molecule has 0 bridgehead atoms. The number of anilines is 1. The summed E-state index contributed by atoms with van der Waals surface area (Å²) in [4.78, 5) is 4.41. The third-order valence-corrected chi connectivity index (χ3v) is 3.49. The van der Waals surface area contributed by atoms with E-state index in [2.05, 4.69) is 47.4 Å². The summed E-state index contributed by atoms with van der Waals surface area (Å²) >= 11 is 0. The normalized spacial score (nSPS) is 10.9. The van der Waals surface area contributed by atoms with Gasteiger partial charge in [0.05, 0.1) is 5.69 Å². The van der Waals surface area contributed by atoms with E-state index in [-0.39, 0.29) is 0 Å². The number of hydrogen-bond donors (Lipinski definition) is 1. The largest absolute Gasteiger partial charge is 0.381 e. The zero-order chi connectivity index (χ0) is 14.1. The molecule has 2 heterocycles. The van der Waals surface area contributed by atoms with E-state index >= 15 is 0 Å². The van der Waals surface area contributed by atoms with E-state index in [1.165, 1.54) is 11.1 Å². The van der Waals surface area contributed by atoms with Crippen LogP contribution >= 0.6 is 0 Å². The van der Waals surface area contributed by atoms with Gasteiger partial charge in [-0.05, 0) is 44.0 Å². The molecule has 3 aromatic rings. The number of nitrogens with one attached hydrogen (secondary N) is 1. The van der Waals surface area contributed by atoms with Crippen molar-refractivity contribution >= 4 is 11.3 Å². The topological polar surface area (TPSA) is 42.2 Å². The molecule has 0 radical (unpaired) electrons. The first-order valence-electron chi connectivity index (χ1n) is 6.74. The van der Waals surface area contributed by atoms with Crippen LogP contribution in [0.5, 0.6) is 0 Å². The lowest BCUT2D eigenvalue weighted by Crippen LogP contribution is -2.02. The Hall–Kier alpha value is -2.36. The molecule has 4 nitrogen and oxygen atoms in total. The van der Waals surface area contributed by atoms with E-state index in [1.54, 1.807) is 0 Å². The van der Waals surface area contributed by atoms with E-state index in [0.29, 0.717) is 0 Å². The van der Waals surface area contributed by atoms with E-state index in [4.69, 9.17) is 0 Å². The van der Waals surface area contributed by atoms with Crippen LogP contribution in [0.1, 0.15) is 22.4 Å². The Bertz CT molecular complexity index is 758. The average molecular weight is 266 g/mol. The second kappa shape index (κ2) is 4.96. The van der Waals surface area contributed by atoms with Gasteiger partial charge in [0.15, 0.2) is 5.65 Å². The molecule has 0 unspecified atom stereocenters. The van der Waals surface area contributed by atoms with Gasteiger partial charge in [-0.3, -0.25) is 0 Å². The number of nitrogens with zero attached hydrogens (tertiary/aromatic N) is 3. The molecule has 0 aliphatic carbocycles. The van der Waals surface area contributed by atoms with Crippen LogP contribution in [0.3, 0.4) is 0 Å². The van der Waals surface area contributed by atoms with Crippen LogP contribution in [0.4, 0.5) is 5.69 Å². The van der Waals surface area contributed by atoms with Crippen LogP contribution in [0, 0.1) is 20.8 Å². The van der Waals surface area contributed by atoms with Crippen molar-refractivity contribution in [3.05, 3.63) is 59.0 Å². The van der Waals surface area contributed by atoms with Crippen LogP contribution < -0.4 is 5.32 Å². The van der Waals surface area contributed by atoms with Gasteiger partial charge >= 0.3 is 0 Å². The van der Waals surface area contributed by atoms with Gasteiger partial charge in [0.2, 0.25) is 0 Å². The fraction of sp³-hybridized carbons (Fsp3) is 0.250. The molecule has 102 valence electrons. The molecule has 0 saturated heterocycles. The minimum absolute atomic E-state index is 0.740. The Morgan fingerprint density at radius 2 is 1.95 bits per heavy atom. The molecule has 4 heteroatoms. The third-order valence-electron chi connectivity index (χ3n) is 3.49. The van der Waals surface area contributed by atoms with Crippen molar-refractivity contribution in [1.82, 2.24) is 14.6 Å². The van der Waals surface area contributed by atoms with E-state index in [1.807, 2.05) is 29.9 Å². The van der Waals surface area contributed by atoms with Crippen molar-refractivity contribution in [2.45, 2.75) is 27.3 Å². The van der Waals surface area contributed by atoms with Crippen molar-refractivity contribution in [3.63, 3.8) is 0 Å². The molecule has 0 spiro atoms. The maximum atomic E-state index is 4.41. The van der Waals surface area contributed by atoms with Crippen LogP contribution in [-0.2, 0) is 6.54 Å². The average Bonchev–Trinajstić information content (AvgIpc) is 2.79. The summed E-state index contributed by atoms with van der Waals surface area (Å²) < 4.78 is 1.83. The minimum Gasteiger partial charge on any atom is -0.381 e. The highest BCUT2D eigenvalue weighted by Gasteiger charge is 2.01. The highest BCUT2D eigenvalue weighted by molar-refractivity contribution is 5.48. The summed E-state index contributed by atoms with van der Waals surface area (Å²) in [6, 6.07) is 8.38. The summed E-state index contributed by atoms with van der Waals surface area (Å²) in [6.07, 6.45) is 3.91. The molecule has 0 aliphatic heterocycles. The molecule has 1 aromatic carbocycles. The molecule has 1 N–H and O–H groups in total. The predicted octanol–water partition coefficient (Wildman–Crippen LogP) is 3.27. The van der Waals surface area contributed by atoms with Gasteiger partial charge in [-0.25, -0.2) is 9.50 Å². The molecule has 0 amide bonds. The summed E-state index contributed by atoms with van der Waals surface area (Å²) in [5.41, 5.74) is 6.72.